The highest BCUT2D eigenvalue weighted by Gasteiger charge is 2.25. The number of nitrogens with zero attached hydrogens (tertiary/aromatic N) is 4. The SMILES string of the molecule is Cc1ccc(Cn2c(NC3CCCN(C4CCCCC4)CC3)nc3cccnc32)o1. The number of hydrogen-bond donors (Lipinski definition) is 1. The van der Waals surface area contributed by atoms with E-state index in [1.807, 2.05) is 37.4 Å². The summed E-state index contributed by atoms with van der Waals surface area (Å²) in [4.78, 5) is 12.2. The molecule has 1 aliphatic carbocycles. The zero-order chi connectivity index (χ0) is 20.3. The van der Waals surface area contributed by atoms with E-state index in [2.05, 4.69) is 19.8 Å². The number of furan rings is 1. The molecule has 3 aromatic heterocycles. The first-order valence-electron chi connectivity index (χ1n) is 11.6. The molecular weight excluding hydrogens is 374 g/mol. The van der Waals surface area contributed by atoms with Crippen LogP contribution in [0.1, 0.15) is 62.9 Å². The second-order valence-electron chi connectivity index (χ2n) is 8.98. The van der Waals surface area contributed by atoms with Crippen LogP contribution in [0.3, 0.4) is 0 Å². The minimum absolute atomic E-state index is 0.451. The number of aromatic nitrogens is 3. The van der Waals surface area contributed by atoms with Crippen molar-refractivity contribution in [1.82, 2.24) is 19.4 Å². The Morgan fingerprint density at radius 3 is 2.77 bits per heavy atom. The zero-order valence-corrected chi connectivity index (χ0v) is 18.0. The van der Waals surface area contributed by atoms with Crippen LogP contribution in [-0.2, 0) is 6.54 Å². The van der Waals surface area contributed by atoms with Gasteiger partial charge in [0.15, 0.2) is 5.65 Å². The molecule has 0 radical (unpaired) electrons. The molecule has 160 valence electrons. The summed E-state index contributed by atoms with van der Waals surface area (Å²) in [6.45, 7) is 5.06. The fourth-order valence-electron chi connectivity index (χ4n) is 5.20. The largest absolute Gasteiger partial charge is 0.464 e. The summed E-state index contributed by atoms with van der Waals surface area (Å²) in [6.07, 6.45) is 12.5. The number of imidazole rings is 1. The number of nitrogens with one attached hydrogen (secondary N) is 1. The van der Waals surface area contributed by atoms with Crippen molar-refractivity contribution in [2.24, 2.45) is 0 Å². The third kappa shape index (κ3) is 4.24. The average Bonchev–Trinajstić information content (AvgIpc) is 3.24. The Bertz CT molecular complexity index is 971. The van der Waals surface area contributed by atoms with Gasteiger partial charge in [-0.1, -0.05) is 19.3 Å². The molecule has 1 saturated carbocycles. The van der Waals surface area contributed by atoms with E-state index in [0.29, 0.717) is 12.6 Å². The van der Waals surface area contributed by atoms with Gasteiger partial charge in [-0.05, 0) is 69.8 Å². The molecule has 2 aliphatic rings. The molecule has 4 heterocycles. The van der Waals surface area contributed by atoms with Crippen LogP contribution in [0.5, 0.6) is 0 Å². The molecular formula is C24H33N5O. The lowest BCUT2D eigenvalue weighted by Crippen LogP contribution is -2.37. The van der Waals surface area contributed by atoms with Gasteiger partial charge in [0, 0.05) is 24.8 Å². The van der Waals surface area contributed by atoms with E-state index in [1.165, 1.54) is 64.5 Å². The van der Waals surface area contributed by atoms with Crippen LogP contribution in [-0.4, -0.2) is 44.6 Å². The summed E-state index contributed by atoms with van der Waals surface area (Å²) in [7, 11) is 0. The maximum absolute atomic E-state index is 5.84. The number of pyridine rings is 1. The molecule has 5 rings (SSSR count). The van der Waals surface area contributed by atoms with Gasteiger partial charge < -0.3 is 14.6 Å². The van der Waals surface area contributed by atoms with Gasteiger partial charge in [-0.3, -0.25) is 4.57 Å². The maximum atomic E-state index is 5.84. The monoisotopic (exact) mass is 407 g/mol. The topological polar surface area (TPSA) is 59.1 Å². The van der Waals surface area contributed by atoms with E-state index in [0.717, 1.165) is 34.7 Å². The van der Waals surface area contributed by atoms with Crippen LogP contribution < -0.4 is 5.32 Å². The summed E-state index contributed by atoms with van der Waals surface area (Å²) in [5.74, 6) is 2.78. The molecule has 6 nitrogen and oxygen atoms in total. The second-order valence-corrected chi connectivity index (χ2v) is 8.98. The number of likely N-dealkylation sites (tertiary alicyclic amines) is 1. The number of fused-ring (bicyclic) bond motifs is 1. The highest BCUT2D eigenvalue weighted by atomic mass is 16.3. The summed E-state index contributed by atoms with van der Waals surface area (Å²) < 4.78 is 8.01. The van der Waals surface area contributed by atoms with Crippen LogP contribution in [0.25, 0.3) is 11.2 Å². The number of aryl methyl sites for hydroxylation is 1. The van der Waals surface area contributed by atoms with Crippen molar-refractivity contribution in [3.05, 3.63) is 42.0 Å². The van der Waals surface area contributed by atoms with Crippen molar-refractivity contribution < 1.29 is 4.42 Å². The van der Waals surface area contributed by atoms with Crippen molar-refractivity contribution in [2.75, 3.05) is 18.4 Å². The molecule has 30 heavy (non-hydrogen) atoms. The molecule has 1 unspecified atom stereocenters. The molecule has 6 heteroatoms. The summed E-state index contributed by atoms with van der Waals surface area (Å²) in [5.41, 5.74) is 1.84. The van der Waals surface area contributed by atoms with E-state index in [1.54, 1.807) is 0 Å². The van der Waals surface area contributed by atoms with Gasteiger partial charge in [-0.25, -0.2) is 9.97 Å². The van der Waals surface area contributed by atoms with Crippen LogP contribution in [0, 0.1) is 6.92 Å². The van der Waals surface area contributed by atoms with Gasteiger partial charge >= 0.3 is 0 Å². The Balaban J connectivity index is 1.32. The summed E-state index contributed by atoms with van der Waals surface area (Å²) >= 11 is 0. The summed E-state index contributed by atoms with van der Waals surface area (Å²) in [6, 6.07) is 9.31. The fraction of sp³-hybridized carbons (Fsp3) is 0.583. The van der Waals surface area contributed by atoms with Crippen molar-refractivity contribution in [3.63, 3.8) is 0 Å². The van der Waals surface area contributed by atoms with E-state index >= 15 is 0 Å². The van der Waals surface area contributed by atoms with Crippen LogP contribution in [0.2, 0.25) is 0 Å². The molecule has 2 fully saturated rings. The van der Waals surface area contributed by atoms with E-state index in [-0.39, 0.29) is 0 Å². The highest BCUT2D eigenvalue weighted by Crippen LogP contribution is 2.27. The van der Waals surface area contributed by atoms with Crippen LogP contribution in [0.15, 0.2) is 34.9 Å². The first-order valence-corrected chi connectivity index (χ1v) is 11.6. The van der Waals surface area contributed by atoms with Crippen molar-refractivity contribution in [1.29, 1.82) is 0 Å². The van der Waals surface area contributed by atoms with Crippen LogP contribution >= 0.6 is 0 Å². The zero-order valence-electron chi connectivity index (χ0n) is 18.0. The predicted molar refractivity (Wildman–Crippen MR) is 120 cm³/mol. The third-order valence-corrected chi connectivity index (χ3v) is 6.80. The standard InChI is InChI=1S/C24H33N5O/c1-18-11-12-21(30-18)17-29-23-22(10-5-14-25-23)27-24(29)26-19-7-6-15-28(16-13-19)20-8-3-2-4-9-20/h5,10-12,14,19-20H,2-4,6-9,13,15-17H2,1H3,(H,26,27). The molecule has 0 amide bonds. The normalized spacial score (nSPS) is 21.7. The van der Waals surface area contributed by atoms with Gasteiger partial charge in [0.1, 0.15) is 17.0 Å². The third-order valence-electron chi connectivity index (χ3n) is 6.80. The van der Waals surface area contributed by atoms with Crippen LogP contribution in [0.4, 0.5) is 5.95 Å². The van der Waals surface area contributed by atoms with E-state index in [9.17, 15) is 0 Å². The lowest BCUT2D eigenvalue weighted by molar-refractivity contribution is 0.161. The quantitative estimate of drug-likeness (QED) is 0.646. The van der Waals surface area contributed by atoms with Gasteiger partial charge in [-0.15, -0.1) is 0 Å². The molecule has 1 aliphatic heterocycles. The molecule has 0 spiro atoms. The Labute approximate surface area is 178 Å². The molecule has 1 saturated heterocycles. The fourth-order valence-corrected chi connectivity index (χ4v) is 5.20. The van der Waals surface area contributed by atoms with Gasteiger partial charge in [-0.2, -0.15) is 0 Å². The first kappa shape index (κ1) is 19.6. The van der Waals surface area contributed by atoms with Gasteiger partial charge in [0.2, 0.25) is 5.95 Å². The van der Waals surface area contributed by atoms with Crippen molar-refractivity contribution in [2.45, 2.75) is 76.9 Å². The first-order chi connectivity index (χ1) is 14.8. The lowest BCUT2D eigenvalue weighted by Gasteiger charge is -2.33. The Kier molecular flexibility index (Phi) is 5.75. The smallest absolute Gasteiger partial charge is 0.205 e. The highest BCUT2D eigenvalue weighted by molar-refractivity contribution is 5.74. The average molecular weight is 408 g/mol. The van der Waals surface area contributed by atoms with Crippen molar-refractivity contribution in [3.8, 4) is 0 Å². The Morgan fingerprint density at radius 1 is 1.03 bits per heavy atom. The minimum atomic E-state index is 0.451. The Morgan fingerprint density at radius 2 is 1.93 bits per heavy atom. The van der Waals surface area contributed by atoms with Crippen molar-refractivity contribution >= 4 is 17.1 Å². The van der Waals surface area contributed by atoms with E-state index in [4.69, 9.17) is 9.40 Å². The molecule has 3 aromatic rings. The molecule has 0 aromatic carbocycles. The Hall–Kier alpha value is -2.34. The van der Waals surface area contributed by atoms with Gasteiger partial charge in [0.25, 0.3) is 0 Å². The lowest BCUT2D eigenvalue weighted by atomic mass is 9.94. The number of hydrogen-bond acceptors (Lipinski definition) is 5. The number of anilines is 1. The van der Waals surface area contributed by atoms with E-state index < -0.39 is 0 Å². The molecule has 1 N–H and O–H groups in total. The second kappa shape index (κ2) is 8.80. The van der Waals surface area contributed by atoms with Gasteiger partial charge in [0.05, 0.1) is 6.54 Å². The maximum Gasteiger partial charge on any atom is 0.205 e. The summed E-state index contributed by atoms with van der Waals surface area (Å²) in [5, 5.41) is 3.77. The predicted octanol–water partition coefficient (Wildman–Crippen LogP) is 4.98. The molecule has 1 atom stereocenters. The molecule has 0 bridgehead atoms. The minimum Gasteiger partial charge on any atom is -0.464 e. The number of rotatable bonds is 5.